The number of carbonyl (C=O) groups is 1. The van der Waals surface area contributed by atoms with Gasteiger partial charge in [0.05, 0.1) is 7.11 Å². The number of halogens is 1. The number of hydrogen-bond donors (Lipinski definition) is 0. The van der Waals surface area contributed by atoms with E-state index in [-0.39, 0.29) is 30.2 Å². The van der Waals surface area contributed by atoms with Crippen molar-refractivity contribution in [2.24, 2.45) is 0 Å². The van der Waals surface area contributed by atoms with Crippen LogP contribution in [0.25, 0.3) is 0 Å². The van der Waals surface area contributed by atoms with E-state index < -0.39 is 0 Å². The Balaban J connectivity index is 1.93. The van der Waals surface area contributed by atoms with Crippen molar-refractivity contribution >= 4 is 6.09 Å². The average molecular weight is 265 g/mol. The van der Waals surface area contributed by atoms with E-state index in [0.717, 1.165) is 5.56 Å². The number of likely N-dealkylation sites (tertiary alicyclic amines) is 1. The Hall–Kier alpha value is -2.04. The van der Waals surface area contributed by atoms with Gasteiger partial charge in [0, 0.05) is 19.0 Å². The lowest BCUT2D eigenvalue weighted by atomic mass is 9.92. The first-order valence-electron chi connectivity index (χ1n) is 6.01. The minimum absolute atomic E-state index is 0.200. The van der Waals surface area contributed by atoms with Gasteiger partial charge in [-0.15, -0.1) is 0 Å². The lowest BCUT2D eigenvalue weighted by Gasteiger charge is -2.38. The van der Waals surface area contributed by atoms with Crippen molar-refractivity contribution in [3.8, 4) is 5.75 Å². The molecular formula is C14H16FNO3. The van der Waals surface area contributed by atoms with Crippen molar-refractivity contribution < 1.29 is 18.7 Å². The highest BCUT2D eigenvalue weighted by Crippen LogP contribution is 2.30. The van der Waals surface area contributed by atoms with Gasteiger partial charge in [-0.1, -0.05) is 18.7 Å². The summed E-state index contributed by atoms with van der Waals surface area (Å²) in [6.07, 6.45) is 1.19. The Morgan fingerprint density at radius 2 is 2.32 bits per heavy atom. The van der Waals surface area contributed by atoms with Gasteiger partial charge in [0.15, 0.2) is 11.6 Å². The molecule has 0 radical (unpaired) electrons. The molecule has 1 aliphatic heterocycles. The Kier molecular flexibility index (Phi) is 4.04. The molecule has 0 atom stereocenters. The summed E-state index contributed by atoms with van der Waals surface area (Å²) in [5.74, 6) is 0.0452. The van der Waals surface area contributed by atoms with E-state index in [1.807, 2.05) is 0 Å². The van der Waals surface area contributed by atoms with Crippen LogP contribution < -0.4 is 4.74 Å². The molecule has 102 valence electrons. The number of methoxy groups -OCH3 is 1. The summed E-state index contributed by atoms with van der Waals surface area (Å²) in [5, 5.41) is 0. The largest absolute Gasteiger partial charge is 0.494 e. The number of nitrogens with zero attached hydrogens (tertiary/aromatic N) is 1. The molecule has 1 aliphatic rings. The van der Waals surface area contributed by atoms with Crippen LogP contribution in [0.2, 0.25) is 0 Å². The Bertz CT molecular complexity index is 484. The summed E-state index contributed by atoms with van der Waals surface area (Å²) in [6, 6.07) is 4.77. The number of rotatable bonds is 4. The van der Waals surface area contributed by atoms with Crippen LogP contribution in [0.3, 0.4) is 0 Å². The zero-order valence-electron chi connectivity index (χ0n) is 10.8. The van der Waals surface area contributed by atoms with E-state index in [0.29, 0.717) is 13.1 Å². The summed E-state index contributed by atoms with van der Waals surface area (Å²) in [4.78, 5) is 13.1. The maximum Gasteiger partial charge on any atom is 0.410 e. The quantitative estimate of drug-likeness (QED) is 0.785. The molecule has 5 heteroatoms. The molecule has 4 nitrogen and oxygen atoms in total. The highest BCUT2D eigenvalue weighted by Gasteiger charge is 2.33. The fraction of sp³-hybridized carbons (Fsp3) is 0.357. The summed E-state index contributed by atoms with van der Waals surface area (Å²) < 4.78 is 23.1. The zero-order valence-corrected chi connectivity index (χ0v) is 10.8. The molecule has 0 N–H and O–H groups in total. The molecule has 1 fully saturated rings. The van der Waals surface area contributed by atoms with Gasteiger partial charge in [0.1, 0.15) is 6.61 Å². The van der Waals surface area contributed by atoms with E-state index in [2.05, 4.69) is 6.58 Å². The molecule has 0 saturated carbocycles. The maximum atomic E-state index is 13.3. The molecule has 1 heterocycles. The predicted octanol–water partition coefficient (Wildman–Crippen LogP) is 2.56. The maximum absolute atomic E-state index is 13.3. The molecule has 1 aromatic rings. The number of benzene rings is 1. The molecule has 1 aromatic carbocycles. The Morgan fingerprint density at radius 3 is 2.95 bits per heavy atom. The summed E-state index contributed by atoms with van der Waals surface area (Å²) in [6.45, 7) is 4.84. The molecule has 2 rings (SSSR count). The second-order valence-corrected chi connectivity index (χ2v) is 4.36. The van der Waals surface area contributed by atoms with Crippen molar-refractivity contribution in [1.82, 2.24) is 4.90 Å². The normalized spacial score (nSPS) is 14.7. The summed E-state index contributed by atoms with van der Waals surface area (Å²) in [7, 11) is 1.43. The fourth-order valence-electron chi connectivity index (χ4n) is 1.99. The number of hydrogen-bond acceptors (Lipinski definition) is 3. The molecule has 0 aliphatic carbocycles. The van der Waals surface area contributed by atoms with E-state index in [1.165, 1.54) is 19.3 Å². The third kappa shape index (κ3) is 2.86. The van der Waals surface area contributed by atoms with E-state index >= 15 is 0 Å². The van der Waals surface area contributed by atoms with Gasteiger partial charge in [0.2, 0.25) is 0 Å². The van der Waals surface area contributed by atoms with Crippen molar-refractivity contribution in [3.63, 3.8) is 0 Å². The third-order valence-electron chi connectivity index (χ3n) is 3.11. The summed E-state index contributed by atoms with van der Waals surface area (Å²) in [5.41, 5.74) is 0.964. The highest BCUT2D eigenvalue weighted by atomic mass is 19.1. The van der Waals surface area contributed by atoms with Crippen LogP contribution in [0.5, 0.6) is 5.75 Å². The fourth-order valence-corrected chi connectivity index (χ4v) is 1.99. The second-order valence-electron chi connectivity index (χ2n) is 4.36. The number of ether oxygens (including phenoxy) is 2. The minimum Gasteiger partial charge on any atom is -0.494 e. The first-order valence-corrected chi connectivity index (χ1v) is 6.01. The van der Waals surface area contributed by atoms with Crippen LogP contribution in [0.1, 0.15) is 11.5 Å². The average Bonchev–Trinajstić information content (AvgIpc) is 2.36. The molecule has 19 heavy (non-hydrogen) atoms. The monoisotopic (exact) mass is 265 g/mol. The van der Waals surface area contributed by atoms with Crippen LogP contribution in [0.4, 0.5) is 9.18 Å². The lowest BCUT2D eigenvalue weighted by molar-refractivity contribution is 0.0791. The first-order chi connectivity index (χ1) is 9.15. The molecule has 1 saturated heterocycles. The van der Waals surface area contributed by atoms with Crippen LogP contribution in [0, 0.1) is 5.82 Å². The predicted molar refractivity (Wildman–Crippen MR) is 68.8 cm³/mol. The minimum atomic E-state index is -0.382. The first kappa shape index (κ1) is 13.4. The van der Waals surface area contributed by atoms with Crippen LogP contribution >= 0.6 is 0 Å². The standard InChI is InChI=1S/C14H16FNO3/c1-3-6-19-14(17)16-8-11(9-16)10-4-5-12(15)13(7-10)18-2/h3-5,7,11H,1,6,8-9H2,2H3. The van der Waals surface area contributed by atoms with Crippen LogP contribution in [-0.4, -0.2) is 37.8 Å². The van der Waals surface area contributed by atoms with E-state index in [9.17, 15) is 9.18 Å². The van der Waals surface area contributed by atoms with E-state index in [1.54, 1.807) is 17.0 Å². The second kappa shape index (κ2) is 5.73. The number of amides is 1. The summed E-state index contributed by atoms with van der Waals surface area (Å²) >= 11 is 0. The van der Waals surface area contributed by atoms with Gasteiger partial charge < -0.3 is 14.4 Å². The van der Waals surface area contributed by atoms with Gasteiger partial charge >= 0.3 is 6.09 Å². The van der Waals surface area contributed by atoms with Gasteiger partial charge in [-0.25, -0.2) is 9.18 Å². The SMILES string of the molecule is C=CCOC(=O)N1CC(c2ccc(F)c(OC)c2)C1. The van der Waals surface area contributed by atoms with Gasteiger partial charge in [0.25, 0.3) is 0 Å². The molecule has 0 spiro atoms. The highest BCUT2D eigenvalue weighted by molar-refractivity contribution is 5.69. The molecule has 0 aromatic heterocycles. The van der Waals surface area contributed by atoms with Gasteiger partial charge in [-0.2, -0.15) is 0 Å². The third-order valence-corrected chi connectivity index (χ3v) is 3.11. The smallest absolute Gasteiger partial charge is 0.410 e. The van der Waals surface area contributed by atoms with E-state index in [4.69, 9.17) is 9.47 Å². The van der Waals surface area contributed by atoms with Gasteiger partial charge in [-0.3, -0.25) is 0 Å². The van der Waals surface area contributed by atoms with Gasteiger partial charge in [-0.05, 0) is 17.7 Å². The zero-order chi connectivity index (χ0) is 13.8. The number of carbonyl (C=O) groups excluding carboxylic acids is 1. The van der Waals surface area contributed by atoms with Crippen LogP contribution in [0.15, 0.2) is 30.9 Å². The molecule has 0 unspecified atom stereocenters. The van der Waals surface area contributed by atoms with Crippen molar-refractivity contribution in [2.45, 2.75) is 5.92 Å². The van der Waals surface area contributed by atoms with Crippen molar-refractivity contribution in [1.29, 1.82) is 0 Å². The van der Waals surface area contributed by atoms with Crippen molar-refractivity contribution in [3.05, 3.63) is 42.2 Å². The molecule has 0 bridgehead atoms. The Labute approximate surface area is 111 Å². The molecule has 1 amide bonds. The van der Waals surface area contributed by atoms with Crippen molar-refractivity contribution in [2.75, 3.05) is 26.8 Å². The molecular weight excluding hydrogens is 249 g/mol. The lowest BCUT2D eigenvalue weighted by Crippen LogP contribution is -2.48. The Morgan fingerprint density at radius 1 is 1.58 bits per heavy atom. The topological polar surface area (TPSA) is 38.8 Å². The van der Waals surface area contributed by atoms with Crippen LogP contribution in [-0.2, 0) is 4.74 Å².